The molecule has 4 heteroatoms. The van der Waals surface area contributed by atoms with Crippen molar-refractivity contribution in [2.24, 2.45) is 5.41 Å². The Hall–Kier alpha value is -0.280. The molecular formula is C13H17Cl2NO. The molecule has 2 nitrogen and oxygen atoms in total. The Bertz CT molecular complexity index is 404. The van der Waals surface area contributed by atoms with Gasteiger partial charge in [-0.15, -0.1) is 0 Å². The van der Waals surface area contributed by atoms with Gasteiger partial charge in [-0.2, -0.15) is 0 Å². The zero-order valence-corrected chi connectivity index (χ0v) is 11.6. The lowest BCUT2D eigenvalue weighted by Gasteiger charge is -2.39. The van der Waals surface area contributed by atoms with Gasteiger partial charge in [-0.25, -0.2) is 0 Å². The largest absolute Gasteiger partial charge is 0.380 e. The van der Waals surface area contributed by atoms with Gasteiger partial charge in [0.15, 0.2) is 0 Å². The van der Waals surface area contributed by atoms with Crippen molar-refractivity contribution in [3.8, 4) is 0 Å². The quantitative estimate of drug-likeness (QED) is 0.904. The van der Waals surface area contributed by atoms with E-state index >= 15 is 0 Å². The number of halogens is 2. The minimum atomic E-state index is 0.193. The fourth-order valence-electron chi connectivity index (χ4n) is 1.91. The first-order valence-corrected chi connectivity index (χ1v) is 6.52. The van der Waals surface area contributed by atoms with Crippen LogP contribution in [0.25, 0.3) is 0 Å². The number of rotatable bonds is 4. The third-order valence-corrected chi connectivity index (χ3v) is 3.74. The van der Waals surface area contributed by atoms with E-state index in [-0.39, 0.29) is 11.5 Å². The van der Waals surface area contributed by atoms with Crippen molar-refractivity contribution in [1.29, 1.82) is 0 Å². The van der Waals surface area contributed by atoms with Gasteiger partial charge in [0.05, 0.1) is 13.2 Å². The van der Waals surface area contributed by atoms with Crippen LogP contribution in [0.2, 0.25) is 10.0 Å². The predicted molar refractivity (Wildman–Crippen MR) is 71.8 cm³/mol. The van der Waals surface area contributed by atoms with Crippen molar-refractivity contribution in [2.75, 3.05) is 19.8 Å². The lowest BCUT2D eigenvalue weighted by Crippen LogP contribution is -2.47. The van der Waals surface area contributed by atoms with Crippen LogP contribution in [0.3, 0.4) is 0 Å². The first-order chi connectivity index (χ1) is 8.00. The van der Waals surface area contributed by atoms with Crippen molar-refractivity contribution in [3.05, 3.63) is 33.8 Å². The lowest BCUT2D eigenvalue weighted by atomic mass is 9.88. The van der Waals surface area contributed by atoms with Gasteiger partial charge in [-0.3, -0.25) is 0 Å². The summed E-state index contributed by atoms with van der Waals surface area (Å²) < 4.78 is 5.23. The van der Waals surface area contributed by atoms with E-state index in [4.69, 9.17) is 27.9 Å². The van der Waals surface area contributed by atoms with Gasteiger partial charge in [0.25, 0.3) is 0 Å². The highest BCUT2D eigenvalue weighted by Crippen LogP contribution is 2.29. The third-order valence-electron chi connectivity index (χ3n) is 3.16. The molecule has 2 rings (SSSR count). The monoisotopic (exact) mass is 273 g/mol. The number of nitrogens with one attached hydrogen (secondary N) is 1. The minimum Gasteiger partial charge on any atom is -0.380 e. The molecular weight excluding hydrogens is 257 g/mol. The minimum absolute atomic E-state index is 0.193. The Morgan fingerprint density at radius 3 is 2.71 bits per heavy atom. The van der Waals surface area contributed by atoms with Gasteiger partial charge in [0.2, 0.25) is 0 Å². The second-order valence-electron chi connectivity index (χ2n) is 5.07. The molecule has 1 heterocycles. The van der Waals surface area contributed by atoms with Crippen molar-refractivity contribution < 1.29 is 4.74 Å². The van der Waals surface area contributed by atoms with E-state index in [1.807, 2.05) is 12.1 Å². The van der Waals surface area contributed by atoms with Crippen LogP contribution in [0.4, 0.5) is 0 Å². The molecule has 1 fully saturated rings. The Morgan fingerprint density at radius 1 is 1.41 bits per heavy atom. The summed E-state index contributed by atoms with van der Waals surface area (Å²) in [5, 5.41) is 4.96. The van der Waals surface area contributed by atoms with Crippen LogP contribution in [0, 0.1) is 5.41 Å². The molecule has 94 valence electrons. The molecule has 1 aromatic carbocycles. The Kier molecular flexibility index (Phi) is 3.99. The number of ether oxygens (including phenoxy) is 1. The summed E-state index contributed by atoms with van der Waals surface area (Å²) in [4.78, 5) is 0. The highest BCUT2D eigenvalue weighted by Gasteiger charge is 2.33. The van der Waals surface area contributed by atoms with E-state index in [0.29, 0.717) is 0 Å². The molecule has 1 N–H and O–H groups in total. The van der Waals surface area contributed by atoms with Gasteiger partial charge in [-0.05, 0) is 30.7 Å². The van der Waals surface area contributed by atoms with E-state index in [9.17, 15) is 0 Å². The van der Waals surface area contributed by atoms with Crippen molar-refractivity contribution in [1.82, 2.24) is 5.32 Å². The highest BCUT2D eigenvalue weighted by molar-refractivity contribution is 6.33. The molecule has 1 unspecified atom stereocenters. The normalized spacial score (nSPS) is 19.8. The maximum atomic E-state index is 6.17. The standard InChI is InChI=1S/C13H17Cl2NO/c1-9(16-6-13(2)7-17-8-13)11-5-10(14)3-4-12(11)15/h3-5,9,16H,6-8H2,1-2H3. The molecule has 1 aromatic rings. The second-order valence-corrected chi connectivity index (χ2v) is 5.92. The van der Waals surface area contributed by atoms with Crippen LogP contribution in [0.5, 0.6) is 0 Å². The maximum absolute atomic E-state index is 6.17. The fraction of sp³-hybridized carbons (Fsp3) is 0.538. The summed E-state index contributed by atoms with van der Waals surface area (Å²) in [5.41, 5.74) is 1.31. The highest BCUT2D eigenvalue weighted by atomic mass is 35.5. The third kappa shape index (κ3) is 3.14. The number of benzene rings is 1. The van der Waals surface area contributed by atoms with Crippen LogP contribution in [-0.2, 0) is 4.74 Å². The van der Waals surface area contributed by atoms with Gasteiger partial charge >= 0.3 is 0 Å². The van der Waals surface area contributed by atoms with Crippen LogP contribution >= 0.6 is 23.2 Å². The van der Waals surface area contributed by atoms with Crippen molar-refractivity contribution in [2.45, 2.75) is 19.9 Å². The average Bonchev–Trinajstić information content (AvgIpc) is 2.26. The molecule has 1 aliphatic heterocycles. The first kappa shape index (κ1) is 13.2. The van der Waals surface area contributed by atoms with Crippen molar-refractivity contribution in [3.63, 3.8) is 0 Å². The number of hydrogen-bond acceptors (Lipinski definition) is 2. The molecule has 17 heavy (non-hydrogen) atoms. The Morgan fingerprint density at radius 2 is 2.12 bits per heavy atom. The van der Waals surface area contributed by atoms with Crippen LogP contribution in [0.15, 0.2) is 18.2 Å². The Balaban J connectivity index is 1.99. The molecule has 0 radical (unpaired) electrons. The molecule has 0 aromatic heterocycles. The average molecular weight is 274 g/mol. The predicted octanol–water partition coefficient (Wildman–Crippen LogP) is 3.68. The first-order valence-electron chi connectivity index (χ1n) is 5.76. The van der Waals surface area contributed by atoms with Crippen molar-refractivity contribution >= 4 is 23.2 Å². The SMILES string of the molecule is CC(NCC1(C)COC1)c1cc(Cl)ccc1Cl. The molecule has 0 spiro atoms. The second kappa shape index (κ2) is 5.15. The van der Waals surface area contributed by atoms with Gasteiger partial charge < -0.3 is 10.1 Å². The van der Waals surface area contributed by atoms with E-state index < -0.39 is 0 Å². The summed E-state index contributed by atoms with van der Waals surface area (Å²) in [5.74, 6) is 0. The summed E-state index contributed by atoms with van der Waals surface area (Å²) in [6.45, 7) is 6.90. The summed E-state index contributed by atoms with van der Waals surface area (Å²) in [6.07, 6.45) is 0. The van der Waals surface area contributed by atoms with Crippen LogP contribution in [0.1, 0.15) is 25.5 Å². The molecule has 1 aliphatic rings. The lowest BCUT2D eigenvalue weighted by molar-refractivity contribution is -0.0999. The summed E-state index contributed by atoms with van der Waals surface area (Å²) in [7, 11) is 0. The number of hydrogen-bond donors (Lipinski definition) is 1. The topological polar surface area (TPSA) is 21.3 Å². The molecule has 1 atom stereocenters. The van der Waals surface area contributed by atoms with Crippen LogP contribution < -0.4 is 5.32 Å². The fourth-order valence-corrected chi connectivity index (χ4v) is 2.37. The molecule has 0 bridgehead atoms. The van der Waals surface area contributed by atoms with E-state index in [0.717, 1.165) is 35.4 Å². The van der Waals surface area contributed by atoms with Gasteiger partial charge in [0, 0.05) is 28.0 Å². The molecule has 0 saturated carbocycles. The van der Waals surface area contributed by atoms with E-state index in [1.165, 1.54) is 0 Å². The van der Waals surface area contributed by atoms with E-state index in [1.54, 1.807) is 6.07 Å². The molecule has 1 saturated heterocycles. The smallest absolute Gasteiger partial charge is 0.0554 e. The van der Waals surface area contributed by atoms with Crippen LogP contribution in [-0.4, -0.2) is 19.8 Å². The zero-order chi connectivity index (χ0) is 12.5. The summed E-state index contributed by atoms with van der Waals surface area (Å²) >= 11 is 12.1. The molecule has 0 amide bonds. The Labute approximate surface area is 112 Å². The van der Waals surface area contributed by atoms with Gasteiger partial charge in [0.1, 0.15) is 0 Å². The molecule has 0 aliphatic carbocycles. The maximum Gasteiger partial charge on any atom is 0.0554 e. The van der Waals surface area contributed by atoms with Gasteiger partial charge in [-0.1, -0.05) is 30.1 Å². The zero-order valence-electron chi connectivity index (χ0n) is 10.1. The van der Waals surface area contributed by atoms with E-state index in [2.05, 4.69) is 19.2 Å². The summed E-state index contributed by atoms with van der Waals surface area (Å²) in [6, 6.07) is 5.76.